The molecular weight excluding hydrogens is 381 g/mol. The van der Waals surface area contributed by atoms with E-state index in [-0.39, 0.29) is 5.75 Å². The maximum absolute atomic E-state index is 13.7. The highest BCUT2D eigenvalue weighted by atomic mass is 19.1. The van der Waals surface area contributed by atoms with Crippen molar-refractivity contribution in [1.82, 2.24) is 0 Å². The molecule has 2 rings (SSSR count). The average Bonchev–Trinajstić information content (AvgIpc) is 2.72. The van der Waals surface area contributed by atoms with Crippen molar-refractivity contribution >= 4 is 23.6 Å². The molecule has 1 atom stereocenters. The third-order valence-electron chi connectivity index (χ3n) is 3.90. The van der Waals surface area contributed by atoms with Crippen molar-refractivity contribution in [2.45, 2.75) is 13.0 Å². The van der Waals surface area contributed by atoms with Gasteiger partial charge in [-0.2, -0.15) is 0 Å². The van der Waals surface area contributed by atoms with Crippen LogP contribution >= 0.6 is 0 Å². The number of amides is 1. The normalized spacial score (nSPS) is 11.6. The molecule has 154 valence electrons. The third-order valence-corrected chi connectivity index (χ3v) is 3.90. The molecule has 0 heterocycles. The molecule has 2 aromatic carbocycles. The van der Waals surface area contributed by atoms with Gasteiger partial charge in [-0.15, -0.1) is 0 Å². The quantitative estimate of drug-likeness (QED) is 0.537. The van der Waals surface area contributed by atoms with Gasteiger partial charge in [0.05, 0.1) is 21.3 Å². The number of hydrogen-bond acceptors (Lipinski definition) is 6. The molecule has 0 bridgehead atoms. The maximum atomic E-state index is 13.7. The zero-order chi connectivity index (χ0) is 21.4. The summed E-state index contributed by atoms with van der Waals surface area (Å²) in [5.74, 6) is -0.740. The molecule has 2 aromatic rings. The number of benzene rings is 2. The molecule has 0 radical (unpaired) electrons. The molecule has 0 spiro atoms. The van der Waals surface area contributed by atoms with E-state index in [0.29, 0.717) is 22.7 Å². The van der Waals surface area contributed by atoms with Gasteiger partial charge in [-0.1, -0.05) is 6.07 Å². The molecular formula is C21H22FNO6. The first-order valence-corrected chi connectivity index (χ1v) is 8.63. The zero-order valence-corrected chi connectivity index (χ0v) is 16.5. The molecule has 0 saturated heterocycles. The van der Waals surface area contributed by atoms with Crippen LogP contribution in [0.3, 0.4) is 0 Å². The summed E-state index contributed by atoms with van der Waals surface area (Å²) in [5, 5.41) is 2.63. The highest BCUT2D eigenvalue weighted by Gasteiger charge is 2.17. The van der Waals surface area contributed by atoms with E-state index >= 15 is 0 Å². The number of rotatable bonds is 8. The Bertz CT molecular complexity index is 912. The zero-order valence-electron chi connectivity index (χ0n) is 16.5. The number of nitrogens with one attached hydrogen (secondary N) is 1. The molecule has 0 aliphatic heterocycles. The van der Waals surface area contributed by atoms with Crippen LogP contribution in [0.1, 0.15) is 12.5 Å². The van der Waals surface area contributed by atoms with Crippen LogP contribution in [0.25, 0.3) is 6.08 Å². The van der Waals surface area contributed by atoms with Crippen LogP contribution < -0.4 is 19.5 Å². The van der Waals surface area contributed by atoms with Crippen molar-refractivity contribution in [2.75, 3.05) is 26.6 Å². The predicted molar refractivity (Wildman–Crippen MR) is 106 cm³/mol. The second-order valence-corrected chi connectivity index (χ2v) is 5.87. The van der Waals surface area contributed by atoms with Gasteiger partial charge >= 0.3 is 5.97 Å². The number of esters is 1. The van der Waals surface area contributed by atoms with E-state index in [2.05, 4.69) is 5.32 Å². The van der Waals surface area contributed by atoms with Crippen LogP contribution in [-0.2, 0) is 14.3 Å². The van der Waals surface area contributed by atoms with Crippen molar-refractivity contribution in [3.8, 4) is 17.2 Å². The number of halogens is 1. The fourth-order valence-corrected chi connectivity index (χ4v) is 2.38. The van der Waals surface area contributed by atoms with E-state index in [1.807, 2.05) is 0 Å². The van der Waals surface area contributed by atoms with Gasteiger partial charge in [0, 0.05) is 17.8 Å². The molecule has 1 N–H and O–H groups in total. The van der Waals surface area contributed by atoms with E-state index in [0.717, 1.165) is 6.08 Å². The average molecular weight is 403 g/mol. The minimum atomic E-state index is -1.05. The number of hydrogen-bond donors (Lipinski definition) is 1. The van der Waals surface area contributed by atoms with E-state index in [9.17, 15) is 14.0 Å². The Balaban J connectivity index is 1.95. The van der Waals surface area contributed by atoms with E-state index in [1.54, 1.807) is 24.3 Å². The van der Waals surface area contributed by atoms with Gasteiger partial charge in [0.1, 0.15) is 0 Å². The minimum absolute atomic E-state index is 0.102. The lowest BCUT2D eigenvalue weighted by Gasteiger charge is -2.14. The van der Waals surface area contributed by atoms with Crippen LogP contribution in [0.5, 0.6) is 17.2 Å². The highest BCUT2D eigenvalue weighted by Crippen LogP contribution is 2.29. The number of methoxy groups -OCH3 is 3. The molecule has 0 unspecified atom stereocenters. The molecule has 8 heteroatoms. The van der Waals surface area contributed by atoms with E-state index in [1.165, 1.54) is 46.5 Å². The van der Waals surface area contributed by atoms with Crippen LogP contribution in [0.2, 0.25) is 0 Å². The second kappa shape index (κ2) is 10.1. The summed E-state index contributed by atoms with van der Waals surface area (Å²) in [6.45, 7) is 1.44. The molecule has 0 aromatic heterocycles. The van der Waals surface area contributed by atoms with Gasteiger partial charge in [-0.05, 0) is 42.8 Å². The lowest BCUT2D eigenvalue weighted by molar-refractivity contribution is -0.148. The summed E-state index contributed by atoms with van der Waals surface area (Å²) in [7, 11) is 4.35. The monoisotopic (exact) mass is 403 g/mol. The van der Waals surface area contributed by atoms with Crippen molar-refractivity contribution in [2.24, 2.45) is 0 Å². The number of carbonyl (C=O) groups is 2. The van der Waals surface area contributed by atoms with Gasteiger partial charge in [-0.3, -0.25) is 4.79 Å². The molecule has 0 aliphatic rings. The largest absolute Gasteiger partial charge is 0.494 e. The Kier molecular flexibility index (Phi) is 7.59. The van der Waals surface area contributed by atoms with Gasteiger partial charge < -0.3 is 24.3 Å². The molecule has 29 heavy (non-hydrogen) atoms. The van der Waals surface area contributed by atoms with Crippen molar-refractivity contribution in [3.05, 3.63) is 53.9 Å². The van der Waals surface area contributed by atoms with Crippen LogP contribution in [0.15, 0.2) is 42.5 Å². The van der Waals surface area contributed by atoms with Gasteiger partial charge in [-0.25, -0.2) is 9.18 Å². The first-order valence-electron chi connectivity index (χ1n) is 8.63. The molecule has 7 nitrogen and oxygen atoms in total. The van der Waals surface area contributed by atoms with Crippen LogP contribution in [0.4, 0.5) is 10.1 Å². The number of carbonyl (C=O) groups excluding carboxylic acids is 2. The van der Waals surface area contributed by atoms with E-state index < -0.39 is 23.8 Å². The third kappa shape index (κ3) is 5.97. The van der Waals surface area contributed by atoms with Crippen molar-refractivity contribution in [3.63, 3.8) is 0 Å². The molecule has 0 aliphatic carbocycles. The fourth-order valence-electron chi connectivity index (χ4n) is 2.38. The predicted octanol–water partition coefficient (Wildman–Crippen LogP) is 3.44. The van der Waals surface area contributed by atoms with Gasteiger partial charge in [0.15, 0.2) is 29.2 Å². The molecule has 0 saturated carbocycles. The Morgan fingerprint density at radius 3 is 2.24 bits per heavy atom. The summed E-state index contributed by atoms with van der Waals surface area (Å²) >= 11 is 0. The first kappa shape index (κ1) is 21.7. The second-order valence-electron chi connectivity index (χ2n) is 5.87. The van der Waals surface area contributed by atoms with Gasteiger partial charge in [0.25, 0.3) is 5.91 Å². The standard InChI is InChI=1S/C21H22FNO6/c1-13(21(25)23-15-7-9-18(27-3)19(12-15)28-4)29-20(24)10-6-14-5-8-17(26-2)16(22)11-14/h5-13H,1-4H3,(H,23,25)/b10-6+/t13-/m0/s1. The Morgan fingerprint density at radius 2 is 1.62 bits per heavy atom. The Morgan fingerprint density at radius 1 is 0.966 bits per heavy atom. The Labute approximate surface area is 168 Å². The summed E-state index contributed by atoms with van der Waals surface area (Å²) in [4.78, 5) is 24.2. The smallest absolute Gasteiger partial charge is 0.331 e. The number of ether oxygens (including phenoxy) is 4. The Hall–Kier alpha value is -3.55. The summed E-state index contributed by atoms with van der Waals surface area (Å²) in [6, 6.07) is 9.10. The summed E-state index contributed by atoms with van der Waals surface area (Å²) in [6.07, 6.45) is 1.44. The molecule has 0 fully saturated rings. The fraction of sp³-hybridized carbons (Fsp3) is 0.238. The lowest BCUT2D eigenvalue weighted by Crippen LogP contribution is -2.29. The highest BCUT2D eigenvalue weighted by molar-refractivity contribution is 5.96. The summed E-state index contributed by atoms with van der Waals surface area (Å²) < 4.78 is 33.9. The van der Waals surface area contributed by atoms with Crippen LogP contribution in [-0.4, -0.2) is 39.3 Å². The van der Waals surface area contributed by atoms with E-state index in [4.69, 9.17) is 18.9 Å². The van der Waals surface area contributed by atoms with Crippen molar-refractivity contribution < 1.29 is 32.9 Å². The SMILES string of the molecule is COc1ccc(/C=C/C(=O)O[C@@H](C)C(=O)Nc2ccc(OC)c(OC)c2)cc1F. The maximum Gasteiger partial charge on any atom is 0.331 e. The first-order chi connectivity index (χ1) is 13.9. The van der Waals surface area contributed by atoms with Crippen LogP contribution in [0, 0.1) is 5.82 Å². The molecule has 1 amide bonds. The minimum Gasteiger partial charge on any atom is -0.494 e. The summed E-state index contributed by atoms with van der Waals surface area (Å²) in [5.41, 5.74) is 0.905. The number of anilines is 1. The topological polar surface area (TPSA) is 83.1 Å². The van der Waals surface area contributed by atoms with Crippen molar-refractivity contribution in [1.29, 1.82) is 0 Å². The van der Waals surface area contributed by atoms with Gasteiger partial charge in [0.2, 0.25) is 0 Å². The lowest BCUT2D eigenvalue weighted by atomic mass is 10.2.